The van der Waals surface area contributed by atoms with Gasteiger partial charge in [0.2, 0.25) is 0 Å². The zero-order chi connectivity index (χ0) is 11.4. The van der Waals surface area contributed by atoms with Gasteiger partial charge in [0.05, 0.1) is 6.42 Å². The Morgan fingerprint density at radius 3 is 2.80 bits per heavy atom. The van der Waals surface area contributed by atoms with Crippen molar-refractivity contribution in [2.75, 3.05) is 19.0 Å². The van der Waals surface area contributed by atoms with Gasteiger partial charge in [0.1, 0.15) is 12.1 Å². The first-order valence-electron chi connectivity index (χ1n) is 4.71. The lowest BCUT2D eigenvalue weighted by molar-refractivity contribution is -0.137. The van der Waals surface area contributed by atoms with Crippen LogP contribution in [0.5, 0.6) is 0 Å². The Balaban J connectivity index is 2.97. The van der Waals surface area contributed by atoms with Crippen LogP contribution in [-0.2, 0) is 4.79 Å². The van der Waals surface area contributed by atoms with E-state index in [9.17, 15) is 4.79 Å². The molecule has 0 bridgehead atoms. The van der Waals surface area contributed by atoms with Gasteiger partial charge in [-0.1, -0.05) is 6.92 Å². The molecule has 1 unspecified atom stereocenters. The van der Waals surface area contributed by atoms with E-state index in [4.69, 9.17) is 5.11 Å². The average molecular weight is 209 g/mol. The summed E-state index contributed by atoms with van der Waals surface area (Å²) in [5.74, 6) is -0.115. The summed E-state index contributed by atoms with van der Waals surface area (Å²) in [5.41, 5.74) is 0.866. The lowest BCUT2D eigenvalue weighted by Crippen LogP contribution is -2.15. The SMILES string of the molecule is CC(CC(=O)O)c1cncnc1N(C)C. The zero-order valence-corrected chi connectivity index (χ0v) is 9.14. The molecule has 0 saturated carbocycles. The number of anilines is 1. The second kappa shape index (κ2) is 4.72. The van der Waals surface area contributed by atoms with Gasteiger partial charge in [0, 0.05) is 25.9 Å². The lowest BCUT2D eigenvalue weighted by Gasteiger charge is -2.18. The Morgan fingerprint density at radius 1 is 1.60 bits per heavy atom. The number of hydrogen-bond acceptors (Lipinski definition) is 4. The third kappa shape index (κ3) is 2.90. The molecule has 0 saturated heterocycles. The van der Waals surface area contributed by atoms with Crippen molar-refractivity contribution in [1.29, 1.82) is 0 Å². The molecule has 1 aromatic rings. The molecule has 82 valence electrons. The van der Waals surface area contributed by atoms with Crippen molar-refractivity contribution in [3.05, 3.63) is 18.1 Å². The van der Waals surface area contributed by atoms with Crippen molar-refractivity contribution in [2.24, 2.45) is 0 Å². The number of aliphatic carboxylic acids is 1. The van der Waals surface area contributed by atoms with Gasteiger partial charge in [-0.2, -0.15) is 0 Å². The average Bonchev–Trinajstić information content (AvgIpc) is 2.16. The van der Waals surface area contributed by atoms with Crippen LogP contribution in [0.15, 0.2) is 12.5 Å². The highest BCUT2D eigenvalue weighted by Gasteiger charge is 2.16. The fourth-order valence-electron chi connectivity index (χ4n) is 1.43. The van der Waals surface area contributed by atoms with E-state index in [2.05, 4.69) is 9.97 Å². The Morgan fingerprint density at radius 2 is 2.27 bits per heavy atom. The van der Waals surface area contributed by atoms with Gasteiger partial charge >= 0.3 is 5.97 Å². The summed E-state index contributed by atoms with van der Waals surface area (Å²) in [6.45, 7) is 1.86. The van der Waals surface area contributed by atoms with Gasteiger partial charge in [-0.25, -0.2) is 9.97 Å². The van der Waals surface area contributed by atoms with Gasteiger partial charge in [-0.05, 0) is 5.92 Å². The Labute approximate surface area is 88.8 Å². The molecule has 1 heterocycles. The zero-order valence-electron chi connectivity index (χ0n) is 9.14. The molecule has 1 rings (SSSR count). The van der Waals surface area contributed by atoms with Crippen LogP contribution in [0.3, 0.4) is 0 Å². The summed E-state index contributed by atoms with van der Waals surface area (Å²) in [7, 11) is 3.75. The van der Waals surface area contributed by atoms with E-state index in [1.54, 1.807) is 6.20 Å². The number of aromatic nitrogens is 2. The molecule has 0 radical (unpaired) electrons. The van der Waals surface area contributed by atoms with Crippen molar-refractivity contribution in [1.82, 2.24) is 9.97 Å². The molecule has 1 aromatic heterocycles. The van der Waals surface area contributed by atoms with Crippen molar-refractivity contribution in [3.8, 4) is 0 Å². The first-order chi connectivity index (χ1) is 7.02. The van der Waals surface area contributed by atoms with E-state index < -0.39 is 5.97 Å². The fraction of sp³-hybridized carbons (Fsp3) is 0.500. The Kier molecular flexibility index (Phi) is 3.60. The standard InChI is InChI=1S/C10H15N3O2/c1-7(4-9(14)15)8-5-11-6-12-10(8)13(2)3/h5-7H,4H2,1-3H3,(H,14,15). The number of carbonyl (C=O) groups is 1. The van der Waals surface area contributed by atoms with Crippen molar-refractivity contribution < 1.29 is 9.90 Å². The van der Waals surface area contributed by atoms with Crippen LogP contribution in [0.4, 0.5) is 5.82 Å². The second-order valence-electron chi connectivity index (χ2n) is 3.70. The van der Waals surface area contributed by atoms with Crippen molar-refractivity contribution in [3.63, 3.8) is 0 Å². The number of carboxylic acid groups (broad SMARTS) is 1. The van der Waals surface area contributed by atoms with Crippen LogP contribution in [0.1, 0.15) is 24.8 Å². The molecular weight excluding hydrogens is 194 g/mol. The minimum absolute atomic E-state index is 0.0823. The number of nitrogens with zero attached hydrogens (tertiary/aromatic N) is 3. The number of carboxylic acids is 1. The highest BCUT2D eigenvalue weighted by Crippen LogP contribution is 2.25. The second-order valence-corrected chi connectivity index (χ2v) is 3.70. The van der Waals surface area contributed by atoms with Crippen LogP contribution in [0, 0.1) is 0 Å². The summed E-state index contributed by atoms with van der Waals surface area (Å²) in [4.78, 5) is 20.5. The van der Waals surface area contributed by atoms with E-state index in [1.165, 1.54) is 6.33 Å². The van der Waals surface area contributed by atoms with Gasteiger partial charge in [-0.15, -0.1) is 0 Å². The maximum atomic E-state index is 10.6. The quantitative estimate of drug-likeness (QED) is 0.804. The van der Waals surface area contributed by atoms with E-state index >= 15 is 0 Å². The highest BCUT2D eigenvalue weighted by atomic mass is 16.4. The first kappa shape index (κ1) is 11.4. The van der Waals surface area contributed by atoms with Crippen molar-refractivity contribution in [2.45, 2.75) is 19.3 Å². The molecule has 5 heteroatoms. The monoisotopic (exact) mass is 209 g/mol. The number of rotatable bonds is 4. The van der Waals surface area contributed by atoms with Crippen molar-refractivity contribution >= 4 is 11.8 Å². The van der Waals surface area contributed by atoms with Gasteiger partial charge < -0.3 is 10.0 Å². The summed E-state index contributed by atoms with van der Waals surface area (Å²) >= 11 is 0. The summed E-state index contributed by atoms with van der Waals surface area (Å²) < 4.78 is 0. The summed E-state index contributed by atoms with van der Waals surface area (Å²) in [6.07, 6.45) is 3.23. The third-order valence-corrected chi connectivity index (χ3v) is 2.15. The van der Waals surface area contributed by atoms with Crippen LogP contribution in [-0.4, -0.2) is 35.1 Å². The minimum atomic E-state index is -0.809. The summed E-state index contributed by atoms with van der Waals surface area (Å²) in [5, 5.41) is 8.72. The Bertz CT molecular complexity index is 352. The largest absolute Gasteiger partial charge is 0.481 e. The molecule has 0 fully saturated rings. The minimum Gasteiger partial charge on any atom is -0.481 e. The molecule has 0 aliphatic heterocycles. The topological polar surface area (TPSA) is 66.3 Å². The lowest BCUT2D eigenvalue weighted by atomic mass is 10.00. The van der Waals surface area contributed by atoms with Crippen LogP contribution in [0.25, 0.3) is 0 Å². The molecule has 0 aliphatic rings. The molecule has 15 heavy (non-hydrogen) atoms. The molecule has 1 atom stereocenters. The van der Waals surface area contributed by atoms with Gasteiger partial charge in [0.25, 0.3) is 0 Å². The molecule has 0 aromatic carbocycles. The predicted octanol–water partition coefficient (Wildman–Crippen LogP) is 1.12. The normalized spacial score (nSPS) is 12.2. The third-order valence-electron chi connectivity index (χ3n) is 2.15. The molecule has 5 nitrogen and oxygen atoms in total. The van der Waals surface area contributed by atoms with E-state index in [1.807, 2.05) is 25.9 Å². The molecule has 0 spiro atoms. The van der Waals surface area contributed by atoms with E-state index in [0.717, 1.165) is 11.4 Å². The van der Waals surface area contributed by atoms with Gasteiger partial charge in [0.15, 0.2) is 0 Å². The summed E-state index contributed by atoms with van der Waals surface area (Å²) in [6, 6.07) is 0. The highest BCUT2D eigenvalue weighted by molar-refractivity contribution is 5.68. The smallest absolute Gasteiger partial charge is 0.303 e. The van der Waals surface area contributed by atoms with E-state index in [0.29, 0.717) is 0 Å². The Hall–Kier alpha value is -1.65. The van der Waals surface area contributed by atoms with Gasteiger partial charge in [-0.3, -0.25) is 4.79 Å². The maximum absolute atomic E-state index is 10.6. The maximum Gasteiger partial charge on any atom is 0.303 e. The molecule has 0 amide bonds. The van der Waals surface area contributed by atoms with Crippen LogP contribution < -0.4 is 4.90 Å². The molecule has 1 N–H and O–H groups in total. The molecular formula is C10H15N3O2. The fourth-order valence-corrected chi connectivity index (χ4v) is 1.43. The first-order valence-corrected chi connectivity index (χ1v) is 4.71. The molecule has 0 aliphatic carbocycles. The van der Waals surface area contributed by atoms with Crippen LogP contribution in [0.2, 0.25) is 0 Å². The number of hydrogen-bond donors (Lipinski definition) is 1. The van der Waals surface area contributed by atoms with Crippen LogP contribution >= 0.6 is 0 Å². The van der Waals surface area contributed by atoms with E-state index in [-0.39, 0.29) is 12.3 Å². The predicted molar refractivity (Wildman–Crippen MR) is 57.0 cm³/mol.